The topological polar surface area (TPSA) is 24.9 Å². The van der Waals surface area contributed by atoms with Crippen LogP contribution in [-0.4, -0.2) is 4.98 Å². The third-order valence-electron chi connectivity index (χ3n) is 2.47. The third-order valence-corrected chi connectivity index (χ3v) is 3.37. The predicted molar refractivity (Wildman–Crippen MR) is 78.4 cm³/mol. The number of nitrogens with one attached hydrogen (secondary N) is 1. The molecule has 0 fully saturated rings. The number of hydrogen-bond donors (Lipinski definition) is 1. The van der Waals surface area contributed by atoms with Gasteiger partial charge in [-0.1, -0.05) is 22.0 Å². The van der Waals surface area contributed by atoms with E-state index in [1.54, 1.807) is 18.2 Å². The largest absolute Gasteiger partial charge is 0.416 e. The zero-order valence-electron chi connectivity index (χ0n) is 10.0. The van der Waals surface area contributed by atoms with Crippen molar-refractivity contribution in [2.24, 2.45) is 0 Å². The SMILES string of the molecule is FC(F)(F)c1cc(Br)cc(NCc2cccc(Br)n2)c1. The second-order valence-electron chi connectivity index (χ2n) is 4.03. The first-order valence-corrected chi connectivity index (χ1v) is 7.16. The fourth-order valence-corrected chi connectivity index (χ4v) is 2.47. The summed E-state index contributed by atoms with van der Waals surface area (Å²) in [6.07, 6.45) is -4.37. The van der Waals surface area contributed by atoms with Crippen LogP contribution in [0.2, 0.25) is 0 Å². The van der Waals surface area contributed by atoms with Gasteiger partial charge >= 0.3 is 6.18 Å². The second-order valence-corrected chi connectivity index (χ2v) is 5.76. The van der Waals surface area contributed by atoms with Gasteiger partial charge in [0.15, 0.2) is 0 Å². The number of rotatable bonds is 3. The van der Waals surface area contributed by atoms with E-state index < -0.39 is 11.7 Å². The van der Waals surface area contributed by atoms with E-state index in [0.717, 1.165) is 17.8 Å². The molecule has 2 rings (SSSR count). The predicted octanol–water partition coefficient (Wildman–Crippen LogP) is 5.24. The lowest BCUT2D eigenvalue weighted by molar-refractivity contribution is -0.137. The quantitative estimate of drug-likeness (QED) is 0.701. The second kappa shape index (κ2) is 6.13. The van der Waals surface area contributed by atoms with E-state index in [9.17, 15) is 13.2 Å². The van der Waals surface area contributed by atoms with Crippen molar-refractivity contribution in [1.82, 2.24) is 4.98 Å². The molecule has 0 aliphatic rings. The molecule has 1 aromatic carbocycles. The Kier molecular flexibility index (Phi) is 4.70. The van der Waals surface area contributed by atoms with Gasteiger partial charge in [-0.25, -0.2) is 4.98 Å². The van der Waals surface area contributed by atoms with Crippen molar-refractivity contribution in [1.29, 1.82) is 0 Å². The van der Waals surface area contributed by atoms with Crippen molar-refractivity contribution >= 4 is 37.5 Å². The minimum absolute atomic E-state index is 0.340. The standard InChI is InChI=1S/C13H9Br2F3N2/c14-9-4-8(13(16,17)18)5-11(6-9)19-7-10-2-1-3-12(15)20-10/h1-6,19H,7H2. The van der Waals surface area contributed by atoms with Crippen LogP contribution in [0.5, 0.6) is 0 Å². The Morgan fingerprint density at radius 2 is 1.85 bits per heavy atom. The third kappa shape index (κ3) is 4.21. The summed E-state index contributed by atoms with van der Waals surface area (Å²) < 4.78 is 39.1. The highest BCUT2D eigenvalue weighted by Crippen LogP contribution is 2.33. The fraction of sp³-hybridized carbons (Fsp3) is 0.154. The Morgan fingerprint density at radius 1 is 1.10 bits per heavy atom. The van der Waals surface area contributed by atoms with Gasteiger partial charge < -0.3 is 5.32 Å². The number of benzene rings is 1. The van der Waals surface area contributed by atoms with Crippen LogP contribution in [0.1, 0.15) is 11.3 Å². The van der Waals surface area contributed by atoms with E-state index in [4.69, 9.17) is 0 Å². The van der Waals surface area contributed by atoms with Crippen molar-refractivity contribution in [3.8, 4) is 0 Å². The van der Waals surface area contributed by atoms with Crippen molar-refractivity contribution in [2.45, 2.75) is 12.7 Å². The van der Waals surface area contributed by atoms with E-state index in [-0.39, 0.29) is 0 Å². The fourth-order valence-electron chi connectivity index (χ4n) is 1.60. The minimum atomic E-state index is -4.37. The van der Waals surface area contributed by atoms with Gasteiger partial charge in [-0.15, -0.1) is 0 Å². The summed E-state index contributed by atoms with van der Waals surface area (Å²) in [5, 5.41) is 2.93. The van der Waals surface area contributed by atoms with Gasteiger partial charge in [-0.2, -0.15) is 13.2 Å². The molecule has 0 amide bonds. The molecule has 0 aliphatic carbocycles. The molecule has 20 heavy (non-hydrogen) atoms. The molecule has 1 aromatic heterocycles. The molecule has 0 aliphatic heterocycles. The lowest BCUT2D eigenvalue weighted by Gasteiger charge is -2.11. The maximum absolute atomic E-state index is 12.7. The van der Waals surface area contributed by atoms with Gasteiger partial charge in [0, 0.05) is 10.2 Å². The van der Waals surface area contributed by atoms with Gasteiger partial charge in [0.2, 0.25) is 0 Å². The van der Waals surface area contributed by atoms with Gasteiger partial charge in [-0.3, -0.25) is 0 Å². The molecule has 0 atom stereocenters. The number of pyridine rings is 1. The van der Waals surface area contributed by atoms with Crippen molar-refractivity contribution in [2.75, 3.05) is 5.32 Å². The van der Waals surface area contributed by atoms with Crippen molar-refractivity contribution in [3.05, 3.63) is 56.7 Å². The van der Waals surface area contributed by atoms with Crippen LogP contribution in [0.15, 0.2) is 45.5 Å². The number of nitrogens with zero attached hydrogens (tertiary/aromatic N) is 1. The Labute approximate surface area is 130 Å². The highest BCUT2D eigenvalue weighted by molar-refractivity contribution is 9.10. The summed E-state index contributed by atoms with van der Waals surface area (Å²) in [6.45, 7) is 0.340. The monoisotopic (exact) mass is 408 g/mol. The van der Waals surface area contributed by atoms with Crippen LogP contribution < -0.4 is 5.32 Å². The van der Waals surface area contributed by atoms with E-state index >= 15 is 0 Å². The van der Waals surface area contributed by atoms with Crippen LogP contribution in [-0.2, 0) is 12.7 Å². The molecule has 2 nitrogen and oxygen atoms in total. The molecule has 0 saturated heterocycles. The van der Waals surface area contributed by atoms with Crippen molar-refractivity contribution in [3.63, 3.8) is 0 Å². The van der Waals surface area contributed by atoms with Crippen LogP contribution in [0, 0.1) is 0 Å². The van der Waals surface area contributed by atoms with Crippen LogP contribution in [0.3, 0.4) is 0 Å². The summed E-state index contributed by atoms with van der Waals surface area (Å²) >= 11 is 6.32. The molecule has 0 spiro atoms. The smallest absolute Gasteiger partial charge is 0.379 e. The molecule has 1 N–H and O–H groups in total. The van der Waals surface area contributed by atoms with E-state index in [0.29, 0.717) is 21.3 Å². The normalized spacial score (nSPS) is 11.4. The van der Waals surface area contributed by atoms with Gasteiger partial charge in [0.1, 0.15) is 4.60 Å². The Morgan fingerprint density at radius 3 is 2.50 bits per heavy atom. The molecule has 7 heteroatoms. The number of halogens is 5. The summed E-state index contributed by atoms with van der Waals surface area (Å²) in [6, 6.07) is 9.10. The Hall–Kier alpha value is -1.08. The summed E-state index contributed by atoms with van der Waals surface area (Å²) in [5.74, 6) is 0. The molecule has 106 valence electrons. The Bertz CT molecular complexity index is 615. The lowest BCUT2D eigenvalue weighted by atomic mass is 10.2. The van der Waals surface area contributed by atoms with Crippen LogP contribution >= 0.6 is 31.9 Å². The van der Waals surface area contributed by atoms with E-state index in [2.05, 4.69) is 42.2 Å². The van der Waals surface area contributed by atoms with Gasteiger partial charge in [-0.05, 0) is 46.3 Å². The van der Waals surface area contributed by atoms with E-state index in [1.165, 1.54) is 0 Å². The summed E-state index contributed by atoms with van der Waals surface area (Å²) in [5.41, 5.74) is 0.415. The van der Waals surface area contributed by atoms with Crippen LogP contribution in [0.25, 0.3) is 0 Å². The molecule has 1 heterocycles. The first-order chi connectivity index (χ1) is 9.34. The van der Waals surface area contributed by atoms with Gasteiger partial charge in [0.05, 0.1) is 17.8 Å². The first-order valence-electron chi connectivity index (χ1n) is 5.58. The zero-order valence-corrected chi connectivity index (χ0v) is 13.2. The van der Waals surface area contributed by atoms with Crippen LogP contribution in [0.4, 0.5) is 18.9 Å². The number of aromatic nitrogens is 1. The minimum Gasteiger partial charge on any atom is -0.379 e. The summed E-state index contributed by atoms with van der Waals surface area (Å²) in [4.78, 5) is 4.20. The average molecular weight is 410 g/mol. The first kappa shape index (κ1) is 15.3. The maximum Gasteiger partial charge on any atom is 0.416 e. The number of hydrogen-bond acceptors (Lipinski definition) is 2. The molecule has 0 bridgehead atoms. The molecule has 2 aromatic rings. The molecular formula is C13H9Br2F3N2. The lowest BCUT2D eigenvalue weighted by Crippen LogP contribution is -2.07. The summed E-state index contributed by atoms with van der Waals surface area (Å²) in [7, 11) is 0. The van der Waals surface area contributed by atoms with Crippen molar-refractivity contribution < 1.29 is 13.2 Å². The maximum atomic E-state index is 12.7. The highest BCUT2D eigenvalue weighted by Gasteiger charge is 2.31. The molecular weight excluding hydrogens is 401 g/mol. The zero-order chi connectivity index (χ0) is 14.8. The average Bonchev–Trinajstić information content (AvgIpc) is 2.35. The van der Waals surface area contributed by atoms with Gasteiger partial charge in [0.25, 0.3) is 0 Å². The van der Waals surface area contributed by atoms with E-state index in [1.807, 2.05) is 6.07 Å². The highest BCUT2D eigenvalue weighted by atomic mass is 79.9. The molecule has 0 unspecified atom stereocenters. The Balaban J connectivity index is 2.16. The number of alkyl halides is 3. The molecule has 0 radical (unpaired) electrons. The molecule has 0 saturated carbocycles. The number of anilines is 1.